The maximum atomic E-state index is 6.10. The van der Waals surface area contributed by atoms with Gasteiger partial charge in [0.1, 0.15) is 17.8 Å². The summed E-state index contributed by atoms with van der Waals surface area (Å²) in [5, 5.41) is 3.21. The van der Waals surface area contributed by atoms with Crippen LogP contribution < -0.4 is 15.8 Å². The minimum Gasteiger partial charge on any atom is -0.437 e. The molecule has 7 nitrogen and oxygen atoms in total. The second-order valence-corrected chi connectivity index (χ2v) is 5.99. The lowest BCUT2D eigenvalue weighted by Gasteiger charge is -2.12. The van der Waals surface area contributed by atoms with E-state index >= 15 is 0 Å². The lowest BCUT2D eigenvalue weighted by atomic mass is 10.3. The Kier molecular flexibility index (Phi) is 5.27. The molecule has 0 atom stereocenters. The number of benzene rings is 1. The molecule has 3 aromatic rings. The van der Waals surface area contributed by atoms with E-state index < -0.39 is 0 Å². The molecule has 0 radical (unpaired) electrons. The number of anilines is 2. The largest absolute Gasteiger partial charge is 0.437 e. The summed E-state index contributed by atoms with van der Waals surface area (Å²) < 4.78 is 8.72. The Morgan fingerprint density at radius 3 is 2.79 bits per heavy atom. The summed E-state index contributed by atoms with van der Waals surface area (Å²) in [4.78, 5) is 12.3. The van der Waals surface area contributed by atoms with Gasteiger partial charge < -0.3 is 20.4 Å². The molecule has 0 aliphatic heterocycles. The molecular weight excluding hydrogens is 372 g/mol. The van der Waals surface area contributed by atoms with Crippen LogP contribution in [0.1, 0.15) is 6.42 Å². The number of nitrogen functional groups attached to an aromatic ring is 1. The highest BCUT2D eigenvalue weighted by Gasteiger charge is 2.10. The summed E-state index contributed by atoms with van der Waals surface area (Å²) in [5.41, 5.74) is 6.49. The third-order valence-corrected chi connectivity index (χ3v) is 3.85. The topological polar surface area (TPSA) is 90.9 Å². The summed E-state index contributed by atoms with van der Waals surface area (Å²) in [6.07, 6.45) is 7.85. The Morgan fingerprint density at radius 1 is 1.21 bits per heavy atom. The molecule has 3 N–H and O–H groups in total. The van der Waals surface area contributed by atoms with Gasteiger partial charge in [0, 0.05) is 30.0 Å². The zero-order valence-corrected chi connectivity index (χ0v) is 14.5. The van der Waals surface area contributed by atoms with Crippen molar-refractivity contribution >= 4 is 27.4 Å². The van der Waals surface area contributed by atoms with Gasteiger partial charge >= 0.3 is 0 Å². The van der Waals surface area contributed by atoms with Crippen LogP contribution in [0.25, 0.3) is 0 Å². The minimum atomic E-state index is 0.337. The van der Waals surface area contributed by atoms with E-state index in [0.717, 1.165) is 24.0 Å². The van der Waals surface area contributed by atoms with Gasteiger partial charge in [0.15, 0.2) is 5.82 Å². The summed E-state index contributed by atoms with van der Waals surface area (Å²) in [6, 6.07) is 7.46. The van der Waals surface area contributed by atoms with Gasteiger partial charge in [-0.2, -0.15) is 4.98 Å². The van der Waals surface area contributed by atoms with Gasteiger partial charge in [0.05, 0.1) is 6.33 Å². The van der Waals surface area contributed by atoms with Crippen molar-refractivity contribution in [3.8, 4) is 11.6 Å². The van der Waals surface area contributed by atoms with Gasteiger partial charge in [0.2, 0.25) is 5.88 Å². The van der Waals surface area contributed by atoms with Crippen LogP contribution >= 0.6 is 15.9 Å². The molecule has 0 saturated heterocycles. The summed E-state index contributed by atoms with van der Waals surface area (Å²) in [6.45, 7) is 1.61. The van der Waals surface area contributed by atoms with Crippen molar-refractivity contribution in [1.82, 2.24) is 19.5 Å². The normalized spacial score (nSPS) is 10.5. The van der Waals surface area contributed by atoms with Gasteiger partial charge in [-0.3, -0.25) is 0 Å². The number of hydrogen-bond acceptors (Lipinski definition) is 6. The Morgan fingerprint density at radius 2 is 2.04 bits per heavy atom. The Hall–Kier alpha value is -2.61. The van der Waals surface area contributed by atoms with Crippen LogP contribution in [0.5, 0.6) is 11.6 Å². The standard InChI is InChI=1S/C16H17BrN6O/c17-12-2-4-13(5-3-12)24-16-14(18)15(21-10-22-16)20-6-1-8-23-9-7-19-11-23/h2-5,7,9-11H,1,6,8,18H2,(H,20,21,22). The van der Waals surface area contributed by atoms with Crippen molar-refractivity contribution in [3.63, 3.8) is 0 Å². The molecule has 2 heterocycles. The Balaban J connectivity index is 1.59. The van der Waals surface area contributed by atoms with Crippen LogP contribution in [0, 0.1) is 0 Å². The lowest BCUT2D eigenvalue weighted by Crippen LogP contribution is -2.10. The number of rotatable bonds is 7. The van der Waals surface area contributed by atoms with Crippen LogP contribution in [0.15, 0.2) is 53.8 Å². The van der Waals surface area contributed by atoms with Crippen molar-refractivity contribution < 1.29 is 4.74 Å². The number of nitrogens with zero attached hydrogens (tertiary/aromatic N) is 4. The molecule has 0 aliphatic carbocycles. The summed E-state index contributed by atoms with van der Waals surface area (Å²) in [5.74, 6) is 1.57. The molecule has 0 amide bonds. The lowest BCUT2D eigenvalue weighted by molar-refractivity contribution is 0.464. The maximum Gasteiger partial charge on any atom is 0.248 e. The molecule has 8 heteroatoms. The Labute approximate surface area is 148 Å². The second-order valence-electron chi connectivity index (χ2n) is 5.08. The van der Waals surface area contributed by atoms with E-state index in [1.54, 1.807) is 12.5 Å². The number of halogens is 1. The zero-order chi connectivity index (χ0) is 16.8. The number of nitrogens with two attached hydrogens (primary N) is 1. The fraction of sp³-hybridized carbons (Fsp3) is 0.188. The summed E-state index contributed by atoms with van der Waals surface area (Å²) in [7, 11) is 0. The average Bonchev–Trinajstić information content (AvgIpc) is 3.10. The average molecular weight is 389 g/mol. The van der Waals surface area contributed by atoms with Crippen molar-refractivity contribution in [2.24, 2.45) is 0 Å². The van der Waals surface area contributed by atoms with Gasteiger partial charge in [-0.1, -0.05) is 15.9 Å². The molecule has 0 saturated carbocycles. The first-order valence-electron chi connectivity index (χ1n) is 7.46. The van der Waals surface area contributed by atoms with Gasteiger partial charge in [0.25, 0.3) is 0 Å². The van der Waals surface area contributed by atoms with E-state index in [2.05, 4.69) is 36.2 Å². The number of nitrogens with one attached hydrogen (secondary N) is 1. The molecule has 0 fully saturated rings. The number of aromatic nitrogens is 4. The van der Waals surface area contributed by atoms with Crippen LogP contribution in [-0.2, 0) is 6.54 Å². The highest BCUT2D eigenvalue weighted by molar-refractivity contribution is 9.10. The van der Waals surface area contributed by atoms with E-state index in [4.69, 9.17) is 10.5 Å². The van der Waals surface area contributed by atoms with Crippen LogP contribution in [0.4, 0.5) is 11.5 Å². The fourth-order valence-electron chi connectivity index (χ4n) is 2.10. The number of hydrogen-bond donors (Lipinski definition) is 2. The minimum absolute atomic E-state index is 0.337. The number of ether oxygens (including phenoxy) is 1. The Bertz CT molecular complexity index is 776. The van der Waals surface area contributed by atoms with Crippen molar-refractivity contribution in [2.75, 3.05) is 17.6 Å². The fourth-order valence-corrected chi connectivity index (χ4v) is 2.37. The summed E-state index contributed by atoms with van der Waals surface area (Å²) >= 11 is 3.38. The van der Waals surface area contributed by atoms with Crippen molar-refractivity contribution in [1.29, 1.82) is 0 Å². The molecule has 24 heavy (non-hydrogen) atoms. The predicted molar refractivity (Wildman–Crippen MR) is 96.0 cm³/mol. The predicted octanol–water partition coefficient (Wildman–Crippen LogP) is 3.31. The van der Waals surface area contributed by atoms with Crippen molar-refractivity contribution in [2.45, 2.75) is 13.0 Å². The van der Waals surface area contributed by atoms with E-state index in [1.807, 2.05) is 35.0 Å². The zero-order valence-electron chi connectivity index (χ0n) is 12.9. The number of imidazole rings is 1. The molecule has 0 aliphatic rings. The van der Waals surface area contributed by atoms with E-state index in [-0.39, 0.29) is 0 Å². The molecule has 0 spiro atoms. The quantitative estimate of drug-likeness (QED) is 0.603. The third-order valence-electron chi connectivity index (χ3n) is 3.32. The first-order valence-corrected chi connectivity index (χ1v) is 8.25. The van der Waals surface area contributed by atoms with Gasteiger partial charge in [-0.25, -0.2) is 9.97 Å². The molecule has 0 bridgehead atoms. The molecule has 0 unspecified atom stereocenters. The first-order chi connectivity index (χ1) is 11.7. The molecule has 124 valence electrons. The molecule has 3 rings (SSSR count). The smallest absolute Gasteiger partial charge is 0.248 e. The SMILES string of the molecule is Nc1c(NCCCn2ccnc2)ncnc1Oc1ccc(Br)cc1. The molecule has 1 aromatic carbocycles. The molecular formula is C16H17BrN6O. The van der Waals surface area contributed by atoms with Gasteiger partial charge in [-0.05, 0) is 30.7 Å². The highest BCUT2D eigenvalue weighted by atomic mass is 79.9. The van der Waals surface area contributed by atoms with Crippen LogP contribution in [0.3, 0.4) is 0 Å². The van der Waals surface area contributed by atoms with E-state index in [0.29, 0.717) is 23.1 Å². The third kappa shape index (κ3) is 4.23. The monoisotopic (exact) mass is 388 g/mol. The maximum absolute atomic E-state index is 6.10. The van der Waals surface area contributed by atoms with Crippen molar-refractivity contribution in [3.05, 3.63) is 53.8 Å². The van der Waals surface area contributed by atoms with E-state index in [9.17, 15) is 0 Å². The van der Waals surface area contributed by atoms with Crippen LogP contribution in [0.2, 0.25) is 0 Å². The first kappa shape index (κ1) is 16.3. The molecule has 2 aromatic heterocycles. The second kappa shape index (κ2) is 7.78. The highest BCUT2D eigenvalue weighted by Crippen LogP contribution is 2.29. The van der Waals surface area contributed by atoms with Gasteiger partial charge in [-0.15, -0.1) is 0 Å². The van der Waals surface area contributed by atoms with Crippen LogP contribution in [-0.4, -0.2) is 26.1 Å². The van der Waals surface area contributed by atoms with E-state index in [1.165, 1.54) is 6.33 Å². The number of aryl methyl sites for hydroxylation is 1.